The number of aromatic nitrogens is 5. The van der Waals surface area contributed by atoms with Gasteiger partial charge in [0.2, 0.25) is 0 Å². The maximum atomic E-state index is 13.3. The van der Waals surface area contributed by atoms with Gasteiger partial charge in [0, 0.05) is 25.4 Å². The van der Waals surface area contributed by atoms with Gasteiger partial charge >= 0.3 is 6.18 Å². The molecule has 4 rings (SSSR count). The van der Waals surface area contributed by atoms with E-state index in [9.17, 15) is 18.0 Å². The van der Waals surface area contributed by atoms with Gasteiger partial charge in [-0.15, -0.1) is 0 Å². The van der Waals surface area contributed by atoms with Crippen molar-refractivity contribution in [3.63, 3.8) is 0 Å². The number of carbonyl (C=O) groups excluding carboxylic acids is 1. The van der Waals surface area contributed by atoms with Crippen molar-refractivity contribution in [3.05, 3.63) is 35.4 Å². The van der Waals surface area contributed by atoms with E-state index in [1.807, 2.05) is 0 Å². The van der Waals surface area contributed by atoms with Crippen molar-refractivity contribution < 1.29 is 18.0 Å². The lowest BCUT2D eigenvalue weighted by Gasteiger charge is -2.20. The van der Waals surface area contributed by atoms with E-state index in [0.29, 0.717) is 5.69 Å². The highest BCUT2D eigenvalue weighted by Crippen LogP contribution is 2.36. The Balaban J connectivity index is 1.78. The zero-order valence-corrected chi connectivity index (χ0v) is 15.7. The summed E-state index contributed by atoms with van der Waals surface area (Å²) in [6.07, 6.45) is 2.87. The van der Waals surface area contributed by atoms with Gasteiger partial charge in [-0.25, -0.2) is 9.50 Å². The lowest BCUT2D eigenvalue weighted by atomic mass is 9.85. The molecule has 3 N–H and O–H groups in total. The fourth-order valence-corrected chi connectivity index (χ4v) is 3.81. The molecule has 154 valence electrons. The zero-order chi connectivity index (χ0) is 20.8. The number of fused-ring (bicyclic) bond motifs is 1. The molecular weight excluding hydrogens is 387 g/mol. The number of nitrogens with one attached hydrogen (secondary N) is 1. The molecule has 0 spiro atoms. The summed E-state index contributed by atoms with van der Waals surface area (Å²) in [4.78, 5) is 17.3. The van der Waals surface area contributed by atoms with E-state index in [4.69, 9.17) is 5.73 Å². The second-order valence-corrected chi connectivity index (χ2v) is 7.23. The van der Waals surface area contributed by atoms with E-state index >= 15 is 0 Å². The molecule has 1 fully saturated rings. The molecule has 0 radical (unpaired) electrons. The van der Waals surface area contributed by atoms with Crippen molar-refractivity contribution in [1.29, 1.82) is 0 Å². The molecular formula is C18H20F3N7O. The van der Waals surface area contributed by atoms with Crippen molar-refractivity contribution in [2.45, 2.75) is 44.2 Å². The number of aryl methyl sites for hydroxylation is 1. The van der Waals surface area contributed by atoms with E-state index in [0.717, 1.165) is 43.0 Å². The third-order valence-corrected chi connectivity index (χ3v) is 5.10. The molecule has 0 aromatic carbocycles. The Bertz CT molecular complexity index is 1060. The topological polar surface area (TPSA) is 103 Å². The Kier molecular flexibility index (Phi) is 4.67. The lowest BCUT2D eigenvalue weighted by Crippen LogP contribution is -2.19. The third-order valence-electron chi connectivity index (χ3n) is 5.10. The van der Waals surface area contributed by atoms with Crippen LogP contribution in [0.25, 0.3) is 5.65 Å². The highest BCUT2D eigenvalue weighted by Gasteiger charge is 2.38. The summed E-state index contributed by atoms with van der Waals surface area (Å²) in [5.41, 5.74) is 5.12. The van der Waals surface area contributed by atoms with Crippen LogP contribution in [0.3, 0.4) is 0 Å². The van der Waals surface area contributed by atoms with Gasteiger partial charge in [-0.05, 0) is 18.9 Å². The van der Waals surface area contributed by atoms with Crippen molar-refractivity contribution in [3.8, 4) is 0 Å². The van der Waals surface area contributed by atoms with Crippen molar-refractivity contribution in [1.82, 2.24) is 24.4 Å². The predicted octanol–water partition coefficient (Wildman–Crippen LogP) is 3.36. The molecule has 11 heteroatoms. The second kappa shape index (κ2) is 7.05. The molecule has 3 heterocycles. The fourth-order valence-electron chi connectivity index (χ4n) is 3.81. The number of hydrogen-bond donors (Lipinski definition) is 2. The summed E-state index contributed by atoms with van der Waals surface area (Å²) < 4.78 is 42.2. The quantitative estimate of drug-likeness (QED) is 0.693. The van der Waals surface area contributed by atoms with Crippen LogP contribution in [0.15, 0.2) is 18.5 Å². The smallest absolute Gasteiger partial charge is 0.384 e. The van der Waals surface area contributed by atoms with Gasteiger partial charge < -0.3 is 11.1 Å². The number of halogens is 3. The van der Waals surface area contributed by atoms with Crippen LogP contribution >= 0.6 is 0 Å². The van der Waals surface area contributed by atoms with Gasteiger partial charge in [0.05, 0.1) is 11.4 Å². The molecule has 29 heavy (non-hydrogen) atoms. The van der Waals surface area contributed by atoms with Crippen LogP contribution in [-0.2, 0) is 13.2 Å². The number of amides is 1. The summed E-state index contributed by atoms with van der Waals surface area (Å²) in [7, 11) is 1.36. The number of rotatable bonds is 3. The molecule has 8 nitrogen and oxygen atoms in total. The molecule has 1 saturated carbocycles. The van der Waals surface area contributed by atoms with Crippen LogP contribution < -0.4 is 11.1 Å². The van der Waals surface area contributed by atoms with E-state index < -0.39 is 23.5 Å². The summed E-state index contributed by atoms with van der Waals surface area (Å²) in [6.45, 7) is 0. The number of nitrogen functional groups attached to an aromatic ring is 1. The SMILES string of the molecule is Cn1cc(NC(=O)c2c(C3CCCCC3)nn3ccc(N)nc23)c(C(F)(F)F)n1. The van der Waals surface area contributed by atoms with Crippen LogP contribution in [0.1, 0.15) is 59.8 Å². The first-order valence-electron chi connectivity index (χ1n) is 9.31. The standard InChI is InChI=1S/C18H20F3N7O/c1-27-9-11(15(26-27)18(19,20)21)23-17(29)13-14(10-5-3-2-4-6-10)25-28-8-7-12(22)24-16(13)28/h7-10H,2-6H2,1H3,(H2,22,24)(H,23,29). The minimum absolute atomic E-state index is 0.0448. The molecule has 0 saturated heterocycles. The number of nitrogens with two attached hydrogens (primary N) is 1. The van der Waals surface area contributed by atoms with Gasteiger partial charge in [0.1, 0.15) is 11.4 Å². The first-order chi connectivity index (χ1) is 13.7. The van der Waals surface area contributed by atoms with E-state index in [1.54, 1.807) is 12.3 Å². The molecule has 0 unspecified atom stereocenters. The number of carbonyl (C=O) groups is 1. The van der Waals surface area contributed by atoms with E-state index in [1.165, 1.54) is 11.6 Å². The van der Waals surface area contributed by atoms with Crippen LogP contribution in [0.2, 0.25) is 0 Å². The minimum Gasteiger partial charge on any atom is -0.384 e. The first kappa shape index (κ1) is 19.2. The van der Waals surface area contributed by atoms with E-state index in [2.05, 4.69) is 20.5 Å². The Labute approximate surface area is 163 Å². The highest BCUT2D eigenvalue weighted by atomic mass is 19.4. The average Bonchev–Trinajstić information content (AvgIpc) is 3.22. The molecule has 3 aromatic heterocycles. The summed E-state index contributed by atoms with van der Waals surface area (Å²) in [6, 6.07) is 1.55. The van der Waals surface area contributed by atoms with Gasteiger partial charge in [-0.1, -0.05) is 19.3 Å². The third kappa shape index (κ3) is 3.64. The van der Waals surface area contributed by atoms with Gasteiger partial charge in [-0.3, -0.25) is 9.48 Å². The fraction of sp³-hybridized carbons (Fsp3) is 0.444. The van der Waals surface area contributed by atoms with E-state index in [-0.39, 0.29) is 22.9 Å². The van der Waals surface area contributed by atoms with Crippen LogP contribution in [0.4, 0.5) is 24.7 Å². The van der Waals surface area contributed by atoms with Crippen LogP contribution in [0.5, 0.6) is 0 Å². The van der Waals surface area contributed by atoms with Crippen molar-refractivity contribution in [2.24, 2.45) is 7.05 Å². The molecule has 1 aliphatic carbocycles. The maximum absolute atomic E-state index is 13.3. The number of nitrogens with zero attached hydrogens (tertiary/aromatic N) is 5. The number of hydrogen-bond acceptors (Lipinski definition) is 5. The van der Waals surface area contributed by atoms with Crippen molar-refractivity contribution >= 4 is 23.1 Å². The largest absolute Gasteiger partial charge is 0.437 e. The molecule has 1 aliphatic rings. The number of anilines is 2. The summed E-state index contributed by atoms with van der Waals surface area (Å²) in [5.74, 6) is -0.473. The highest BCUT2D eigenvalue weighted by molar-refractivity contribution is 6.09. The van der Waals surface area contributed by atoms with Gasteiger partial charge in [-0.2, -0.15) is 23.4 Å². The van der Waals surface area contributed by atoms with Crippen molar-refractivity contribution in [2.75, 3.05) is 11.1 Å². The molecule has 3 aromatic rings. The Morgan fingerprint density at radius 3 is 2.66 bits per heavy atom. The summed E-state index contributed by atoms with van der Waals surface area (Å²) in [5, 5.41) is 10.3. The first-order valence-corrected chi connectivity index (χ1v) is 9.31. The summed E-state index contributed by atoms with van der Waals surface area (Å²) >= 11 is 0. The van der Waals surface area contributed by atoms with Gasteiger partial charge in [0.15, 0.2) is 11.3 Å². The normalized spacial score (nSPS) is 15.7. The molecule has 1 amide bonds. The average molecular weight is 407 g/mol. The predicted molar refractivity (Wildman–Crippen MR) is 99.4 cm³/mol. The Morgan fingerprint density at radius 1 is 1.24 bits per heavy atom. The molecule has 0 atom stereocenters. The van der Waals surface area contributed by atoms with Crippen LogP contribution in [0, 0.1) is 0 Å². The molecule has 0 aliphatic heterocycles. The lowest BCUT2D eigenvalue weighted by molar-refractivity contribution is -0.140. The van der Waals surface area contributed by atoms with Gasteiger partial charge in [0.25, 0.3) is 5.91 Å². The molecule has 0 bridgehead atoms. The zero-order valence-electron chi connectivity index (χ0n) is 15.7. The monoisotopic (exact) mass is 407 g/mol. The Morgan fingerprint density at radius 2 is 1.97 bits per heavy atom. The minimum atomic E-state index is -4.69. The number of alkyl halides is 3. The second-order valence-electron chi connectivity index (χ2n) is 7.23. The van der Waals surface area contributed by atoms with Crippen LogP contribution in [-0.4, -0.2) is 30.3 Å². The Hall–Kier alpha value is -3.11. The maximum Gasteiger partial charge on any atom is 0.437 e.